The standard InChI is InChI=1S/C21H31BrN4O2/c22-19-6-4-18(5-7-19)21(28)26(14-3-13-24-11-1-2-12-24)15-8-20(27)25-16-9-23-10-17-25/h4-7,23H,1-3,8-17H2. The highest BCUT2D eigenvalue weighted by molar-refractivity contribution is 9.10. The normalized spacial score (nSPS) is 17.7. The Hall–Kier alpha value is -1.44. The Morgan fingerprint density at radius 3 is 2.36 bits per heavy atom. The molecule has 3 rings (SSSR count). The molecule has 0 saturated carbocycles. The van der Waals surface area contributed by atoms with Gasteiger partial charge >= 0.3 is 0 Å². The number of piperazine rings is 1. The molecule has 2 aliphatic heterocycles. The number of carbonyl (C=O) groups is 2. The lowest BCUT2D eigenvalue weighted by molar-refractivity contribution is -0.131. The predicted molar refractivity (Wildman–Crippen MR) is 114 cm³/mol. The monoisotopic (exact) mass is 450 g/mol. The summed E-state index contributed by atoms with van der Waals surface area (Å²) in [6, 6.07) is 7.47. The summed E-state index contributed by atoms with van der Waals surface area (Å²) in [5, 5.41) is 3.27. The van der Waals surface area contributed by atoms with Crippen LogP contribution in [0.2, 0.25) is 0 Å². The van der Waals surface area contributed by atoms with Gasteiger partial charge in [-0.3, -0.25) is 9.59 Å². The second kappa shape index (κ2) is 10.9. The van der Waals surface area contributed by atoms with Crippen LogP contribution in [0.4, 0.5) is 0 Å². The minimum absolute atomic E-state index is 0.0158. The number of benzene rings is 1. The third-order valence-corrected chi connectivity index (χ3v) is 6.07. The molecule has 0 spiro atoms. The van der Waals surface area contributed by atoms with E-state index < -0.39 is 0 Å². The quantitative estimate of drug-likeness (QED) is 0.659. The molecule has 2 aliphatic rings. The zero-order valence-corrected chi connectivity index (χ0v) is 18.1. The van der Waals surface area contributed by atoms with Crippen molar-refractivity contribution in [1.82, 2.24) is 20.0 Å². The molecule has 2 saturated heterocycles. The Kier molecular flexibility index (Phi) is 8.30. The van der Waals surface area contributed by atoms with Crippen molar-refractivity contribution in [3.8, 4) is 0 Å². The number of rotatable bonds is 8. The zero-order valence-electron chi connectivity index (χ0n) is 16.5. The Bertz CT molecular complexity index is 640. The van der Waals surface area contributed by atoms with Gasteiger partial charge in [0.15, 0.2) is 0 Å². The predicted octanol–water partition coefficient (Wildman–Crippen LogP) is 2.20. The Morgan fingerprint density at radius 2 is 1.68 bits per heavy atom. The van der Waals surface area contributed by atoms with Crippen LogP contribution in [0, 0.1) is 0 Å². The third-order valence-electron chi connectivity index (χ3n) is 5.54. The first-order valence-corrected chi connectivity index (χ1v) is 11.2. The summed E-state index contributed by atoms with van der Waals surface area (Å²) in [6.07, 6.45) is 3.90. The van der Waals surface area contributed by atoms with Gasteiger partial charge in [0.05, 0.1) is 0 Å². The molecule has 0 aromatic heterocycles. The lowest BCUT2D eigenvalue weighted by atomic mass is 10.2. The van der Waals surface area contributed by atoms with Crippen LogP contribution in [-0.2, 0) is 4.79 Å². The highest BCUT2D eigenvalue weighted by atomic mass is 79.9. The summed E-state index contributed by atoms with van der Waals surface area (Å²) in [5.74, 6) is 0.164. The van der Waals surface area contributed by atoms with Gasteiger partial charge in [-0.05, 0) is 63.2 Å². The van der Waals surface area contributed by atoms with E-state index in [1.54, 1.807) is 0 Å². The second-order valence-corrected chi connectivity index (χ2v) is 8.50. The highest BCUT2D eigenvalue weighted by Gasteiger charge is 2.21. The molecule has 0 aliphatic carbocycles. The highest BCUT2D eigenvalue weighted by Crippen LogP contribution is 2.14. The number of nitrogens with one attached hydrogen (secondary N) is 1. The van der Waals surface area contributed by atoms with Gasteiger partial charge in [0.25, 0.3) is 5.91 Å². The van der Waals surface area contributed by atoms with Gasteiger partial charge in [0.1, 0.15) is 0 Å². The van der Waals surface area contributed by atoms with E-state index in [9.17, 15) is 9.59 Å². The topological polar surface area (TPSA) is 55.9 Å². The number of nitrogens with zero attached hydrogens (tertiary/aromatic N) is 3. The van der Waals surface area contributed by atoms with E-state index in [0.717, 1.165) is 43.6 Å². The van der Waals surface area contributed by atoms with Crippen LogP contribution in [0.5, 0.6) is 0 Å². The summed E-state index contributed by atoms with van der Waals surface area (Å²) in [6.45, 7) is 7.76. The number of amides is 2. The largest absolute Gasteiger partial charge is 0.340 e. The maximum atomic E-state index is 13.0. The number of halogens is 1. The van der Waals surface area contributed by atoms with Gasteiger partial charge in [0.2, 0.25) is 5.91 Å². The smallest absolute Gasteiger partial charge is 0.253 e. The molecule has 1 N–H and O–H groups in total. The molecule has 1 aromatic carbocycles. The van der Waals surface area contributed by atoms with Crippen LogP contribution in [0.25, 0.3) is 0 Å². The maximum absolute atomic E-state index is 13.0. The van der Waals surface area contributed by atoms with Crippen LogP contribution in [0.1, 0.15) is 36.0 Å². The van der Waals surface area contributed by atoms with Crippen molar-refractivity contribution >= 4 is 27.7 Å². The zero-order chi connectivity index (χ0) is 19.8. The number of hydrogen-bond acceptors (Lipinski definition) is 4. The van der Waals surface area contributed by atoms with Crippen LogP contribution in [0.15, 0.2) is 28.7 Å². The summed E-state index contributed by atoms with van der Waals surface area (Å²) in [7, 11) is 0. The fraction of sp³-hybridized carbons (Fsp3) is 0.619. The lowest BCUT2D eigenvalue weighted by Gasteiger charge is -2.29. The van der Waals surface area contributed by atoms with Crippen LogP contribution >= 0.6 is 15.9 Å². The first-order chi connectivity index (χ1) is 13.6. The van der Waals surface area contributed by atoms with Crippen molar-refractivity contribution in [2.75, 3.05) is 58.9 Å². The van der Waals surface area contributed by atoms with E-state index >= 15 is 0 Å². The number of likely N-dealkylation sites (tertiary alicyclic amines) is 1. The molecule has 2 heterocycles. The number of hydrogen-bond donors (Lipinski definition) is 1. The minimum Gasteiger partial charge on any atom is -0.340 e. The van der Waals surface area contributed by atoms with Gasteiger partial charge in [0, 0.05) is 55.7 Å². The first-order valence-electron chi connectivity index (χ1n) is 10.4. The van der Waals surface area contributed by atoms with Gasteiger partial charge in [-0.25, -0.2) is 0 Å². The molecule has 0 radical (unpaired) electrons. The molecule has 2 amide bonds. The molecular weight excluding hydrogens is 420 g/mol. The Labute approximate surface area is 176 Å². The van der Waals surface area contributed by atoms with E-state index in [4.69, 9.17) is 0 Å². The molecule has 1 aromatic rings. The van der Waals surface area contributed by atoms with Crippen LogP contribution in [-0.4, -0.2) is 85.4 Å². The third kappa shape index (κ3) is 6.29. The van der Waals surface area contributed by atoms with Gasteiger partial charge < -0.3 is 20.0 Å². The van der Waals surface area contributed by atoms with Crippen molar-refractivity contribution in [3.63, 3.8) is 0 Å². The van der Waals surface area contributed by atoms with Gasteiger partial charge in [-0.15, -0.1) is 0 Å². The average molecular weight is 451 g/mol. The molecule has 7 heteroatoms. The van der Waals surface area contributed by atoms with Crippen molar-refractivity contribution < 1.29 is 9.59 Å². The second-order valence-electron chi connectivity index (χ2n) is 7.58. The molecule has 0 atom stereocenters. The van der Waals surface area contributed by atoms with E-state index in [2.05, 4.69) is 26.1 Å². The average Bonchev–Trinajstić information content (AvgIpc) is 3.24. The number of carbonyl (C=O) groups excluding carboxylic acids is 2. The molecule has 2 fully saturated rings. The van der Waals surface area contributed by atoms with Crippen molar-refractivity contribution in [1.29, 1.82) is 0 Å². The molecule has 154 valence electrons. The summed E-state index contributed by atoms with van der Waals surface area (Å²) in [5.41, 5.74) is 0.680. The lowest BCUT2D eigenvalue weighted by Crippen LogP contribution is -2.47. The van der Waals surface area contributed by atoms with E-state index in [1.165, 1.54) is 25.9 Å². The Morgan fingerprint density at radius 1 is 1.00 bits per heavy atom. The van der Waals surface area contributed by atoms with Gasteiger partial charge in [-0.1, -0.05) is 15.9 Å². The fourth-order valence-electron chi connectivity index (χ4n) is 3.88. The molecule has 0 bridgehead atoms. The van der Waals surface area contributed by atoms with Crippen molar-refractivity contribution in [3.05, 3.63) is 34.3 Å². The fourth-order valence-corrected chi connectivity index (χ4v) is 4.15. The van der Waals surface area contributed by atoms with Crippen molar-refractivity contribution in [2.45, 2.75) is 25.7 Å². The maximum Gasteiger partial charge on any atom is 0.253 e. The SMILES string of the molecule is O=C(CCN(CCCN1CCCC1)C(=O)c1ccc(Br)cc1)N1CCNCC1. The van der Waals surface area contributed by atoms with E-state index in [1.807, 2.05) is 34.1 Å². The molecular formula is C21H31BrN4O2. The van der Waals surface area contributed by atoms with Crippen molar-refractivity contribution in [2.24, 2.45) is 0 Å². The summed E-state index contributed by atoms with van der Waals surface area (Å²) >= 11 is 3.42. The van der Waals surface area contributed by atoms with Crippen LogP contribution < -0.4 is 5.32 Å². The molecule has 28 heavy (non-hydrogen) atoms. The van der Waals surface area contributed by atoms with Crippen LogP contribution in [0.3, 0.4) is 0 Å². The molecule has 6 nitrogen and oxygen atoms in total. The summed E-state index contributed by atoms with van der Waals surface area (Å²) < 4.78 is 0.957. The Balaban J connectivity index is 1.56. The minimum atomic E-state index is 0.0158. The van der Waals surface area contributed by atoms with E-state index in [-0.39, 0.29) is 11.8 Å². The summed E-state index contributed by atoms with van der Waals surface area (Å²) in [4.78, 5) is 31.8. The van der Waals surface area contributed by atoms with E-state index in [0.29, 0.717) is 25.1 Å². The first kappa shape index (κ1) is 21.3. The van der Waals surface area contributed by atoms with Gasteiger partial charge in [-0.2, -0.15) is 0 Å². The molecule has 0 unspecified atom stereocenters.